The van der Waals surface area contributed by atoms with E-state index in [1.807, 2.05) is 11.4 Å². The summed E-state index contributed by atoms with van der Waals surface area (Å²) in [5, 5.41) is 6.76. The van der Waals surface area contributed by atoms with E-state index in [-0.39, 0.29) is 12.4 Å². The number of hydrazone groups is 1. The van der Waals surface area contributed by atoms with Crippen molar-refractivity contribution < 1.29 is 9.53 Å². The highest BCUT2D eigenvalue weighted by molar-refractivity contribution is 7.13. The molecule has 1 fully saturated rings. The summed E-state index contributed by atoms with van der Waals surface area (Å²) >= 11 is 1.41. The number of aromatic nitrogens is 1. The number of anilines is 2. The molecule has 144 valence electrons. The molecule has 2 aromatic rings. The monoisotopic (exact) mass is 387 g/mol. The average Bonchev–Trinajstić information content (AvgIpc) is 3.10. The molecule has 1 aliphatic rings. The Kier molecular flexibility index (Phi) is 6.78. The van der Waals surface area contributed by atoms with E-state index in [2.05, 4.69) is 50.6 Å². The van der Waals surface area contributed by atoms with Crippen LogP contribution in [-0.4, -0.2) is 61.9 Å². The zero-order chi connectivity index (χ0) is 19.1. The number of hydrogen-bond acceptors (Lipinski definition) is 8. The van der Waals surface area contributed by atoms with Gasteiger partial charge in [-0.15, -0.1) is 11.3 Å². The van der Waals surface area contributed by atoms with E-state index < -0.39 is 0 Å². The Labute approximate surface area is 163 Å². The third kappa shape index (κ3) is 5.77. The first-order valence-corrected chi connectivity index (χ1v) is 9.94. The van der Waals surface area contributed by atoms with Crippen LogP contribution >= 0.6 is 11.3 Å². The van der Waals surface area contributed by atoms with Crippen molar-refractivity contribution in [2.24, 2.45) is 5.10 Å². The highest BCUT2D eigenvalue weighted by Gasteiger charge is 2.14. The van der Waals surface area contributed by atoms with Gasteiger partial charge in [-0.3, -0.25) is 10.2 Å². The van der Waals surface area contributed by atoms with Crippen molar-refractivity contribution in [3.05, 3.63) is 40.9 Å². The van der Waals surface area contributed by atoms with E-state index >= 15 is 0 Å². The Bertz CT molecular complexity index is 784. The first kappa shape index (κ1) is 19.3. The molecule has 1 aromatic carbocycles. The second-order valence-electron chi connectivity index (χ2n) is 6.38. The smallest absolute Gasteiger partial charge is 0.311 e. The lowest BCUT2D eigenvalue weighted by Gasteiger charge is -2.34. The Morgan fingerprint density at radius 2 is 2.19 bits per heavy atom. The predicted octanol–water partition coefficient (Wildman–Crippen LogP) is 2.45. The van der Waals surface area contributed by atoms with E-state index in [0.717, 1.165) is 31.7 Å². The molecule has 0 amide bonds. The van der Waals surface area contributed by atoms with Crippen LogP contribution in [0.1, 0.15) is 18.2 Å². The Hall–Kier alpha value is -2.45. The standard InChI is InChI=1S/C19H25N5O2S/c1-3-26-18(25)12-16-14-27-19(21-16)22-20-13-15-5-4-6-17(11-15)24-9-7-23(2)8-10-24/h4-6,11,13-14H,3,7-10,12H2,1-2H3,(H,21,22). The Balaban J connectivity index is 1.55. The molecule has 0 atom stereocenters. The van der Waals surface area contributed by atoms with Crippen molar-refractivity contribution >= 4 is 34.3 Å². The van der Waals surface area contributed by atoms with Gasteiger partial charge in [-0.25, -0.2) is 4.98 Å². The van der Waals surface area contributed by atoms with Gasteiger partial charge in [0.1, 0.15) is 0 Å². The van der Waals surface area contributed by atoms with E-state index in [9.17, 15) is 4.79 Å². The lowest BCUT2D eigenvalue weighted by atomic mass is 10.2. The molecule has 1 aromatic heterocycles. The number of ether oxygens (including phenoxy) is 1. The number of thiazole rings is 1. The molecule has 0 saturated carbocycles. The summed E-state index contributed by atoms with van der Waals surface area (Å²) in [6.07, 6.45) is 1.97. The fourth-order valence-electron chi connectivity index (χ4n) is 2.83. The van der Waals surface area contributed by atoms with Crippen molar-refractivity contribution in [1.29, 1.82) is 0 Å². The van der Waals surface area contributed by atoms with Crippen LogP contribution in [0.4, 0.5) is 10.8 Å². The summed E-state index contributed by atoms with van der Waals surface area (Å²) in [5.74, 6) is -0.265. The van der Waals surface area contributed by atoms with Gasteiger partial charge in [-0.05, 0) is 31.7 Å². The number of carbonyl (C=O) groups is 1. The fraction of sp³-hybridized carbons (Fsp3) is 0.421. The lowest BCUT2D eigenvalue weighted by molar-refractivity contribution is -0.142. The molecule has 1 N–H and O–H groups in total. The van der Waals surface area contributed by atoms with E-state index in [1.54, 1.807) is 13.1 Å². The maximum absolute atomic E-state index is 11.5. The summed E-state index contributed by atoms with van der Waals surface area (Å²) in [7, 11) is 2.16. The first-order valence-electron chi connectivity index (χ1n) is 9.06. The minimum atomic E-state index is -0.265. The van der Waals surface area contributed by atoms with Crippen LogP contribution in [0.2, 0.25) is 0 Å². The summed E-state index contributed by atoms with van der Waals surface area (Å²) in [6, 6.07) is 8.36. The minimum Gasteiger partial charge on any atom is -0.466 e. The van der Waals surface area contributed by atoms with Gasteiger partial charge in [0, 0.05) is 37.2 Å². The summed E-state index contributed by atoms with van der Waals surface area (Å²) in [4.78, 5) is 20.6. The molecule has 2 heterocycles. The predicted molar refractivity (Wildman–Crippen MR) is 110 cm³/mol. The third-order valence-corrected chi connectivity index (χ3v) is 5.09. The number of rotatable bonds is 7. The lowest BCUT2D eigenvalue weighted by Crippen LogP contribution is -2.44. The molecule has 7 nitrogen and oxygen atoms in total. The number of carbonyl (C=O) groups excluding carboxylic acids is 1. The zero-order valence-electron chi connectivity index (χ0n) is 15.7. The molecular weight excluding hydrogens is 362 g/mol. The second-order valence-corrected chi connectivity index (χ2v) is 7.24. The van der Waals surface area contributed by atoms with Gasteiger partial charge >= 0.3 is 5.97 Å². The fourth-order valence-corrected chi connectivity index (χ4v) is 3.49. The second kappa shape index (κ2) is 9.48. The van der Waals surface area contributed by atoms with E-state index in [0.29, 0.717) is 17.4 Å². The SMILES string of the molecule is CCOC(=O)Cc1csc(NN=Cc2cccc(N3CCN(C)CC3)c2)n1. The van der Waals surface area contributed by atoms with Crippen LogP contribution in [0.25, 0.3) is 0 Å². The molecule has 1 aliphatic heterocycles. The summed E-state index contributed by atoms with van der Waals surface area (Å²) in [6.45, 7) is 6.41. The quantitative estimate of drug-likeness (QED) is 0.447. The molecule has 0 aliphatic carbocycles. The van der Waals surface area contributed by atoms with Crippen molar-refractivity contribution in [1.82, 2.24) is 9.88 Å². The molecule has 0 bridgehead atoms. The molecule has 0 unspecified atom stereocenters. The molecule has 8 heteroatoms. The van der Waals surface area contributed by atoms with Crippen molar-refractivity contribution in [3.63, 3.8) is 0 Å². The summed E-state index contributed by atoms with van der Waals surface area (Å²) < 4.78 is 4.93. The average molecular weight is 388 g/mol. The number of hydrogen-bond donors (Lipinski definition) is 1. The van der Waals surface area contributed by atoms with Crippen molar-refractivity contribution in [2.75, 3.05) is 50.2 Å². The number of likely N-dealkylation sites (N-methyl/N-ethyl adjacent to an activating group) is 1. The Morgan fingerprint density at radius 3 is 2.96 bits per heavy atom. The highest BCUT2D eigenvalue weighted by atomic mass is 32.1. The molecule has 0 radical (unpaired) electrons. The first-order chi connectivity index (χ1) is 13.1. The number of esters is 1. The minimum absolute atomic E-state index is 0.183. The number of nitrogens with zero attached hydrogens (tertiary/aromatic N) is 4. The van der Waals surface area contributed by atoms with Crippen LogP contribution in [0.5, 0.6) is 0 Å². The van der Waals surface area contributed by atoms with E-state index in [4.69, 9.17) is 4.74 Å². The third-order valence-electron chi connectivity index (χ3n) is 4.29. The molecular formula is C19H25N5O2S. The topological polar surface area (TPSA) is 70.1 Å². The van der Waals surface area contributed by atoms with Crippen molar-refractivity contribution in [2.45, 2.75) is 13.3 Å². The zero-order valence-corrected chi connectivity index (χ0v) is 16.5. The Morgan fingerprint density at radius 1 is 1.37 bits per heavy atom. The van der Waals surface area contributed by atoms with Crippen LogP contribution in [0.3, 0.4) is 0 Å². The van der Waals surface area contributed by atoms with Gasteiger partial charge in [-0.2, -0.15) is 5.10 Å². The number of piperazine rings is 1. The van der Waals surface area contributed by atoms with Gasteiger partial charge in [0.2, 0.25) is 5.13 Å². The number of benzene rings is 1. The van der Waals surface area contributed by atoms with Gasteiger partial charge in [0.15, 0.2) is 0 Å². The molecule has 27 heavy (non-hydrogen) atoms. The van der Waals surface area contributed by atoms with Crippen molar-refractivity contribution in [3.8, 4) is 0 Å². The van der Waals surface area contributed by atoms with Gasteiger partial charge in [0.25, 0.3) is 0 Å². The number of nitrogens with one attached hydrogen (secondary N) is 1. The van der Waals surface area contributed by atoms with Crippen LogP contribution in [0.15, 0.2) is 34.7 Å². The maximum atomic E-state index is 11.5. The largest absolute Gasteiger partial charge is 0.466 e. The molecule has 1 saturated heterocycles. The van der Waals surface area contributed by atoms with Crippen LogP contribution in [0, 0.1) is 0 Å². The van der Waals surface area contributed by atoms with Gasteiger partial charge in [0.05, 0.1) is 24.9 Å². The molecule has 0 spiro atoms. The van der Waals surface area contributed by atoms with Crippen LogP contribution < -0.4 is 10.3 Å². The summed E-state index contributed by atoms with van der Waals surface area (Å²) in [5.41, 5.74) is 5.87. The van der Waals surface area contributed by atoms with Crippen LogP contribution in [-0.2, 0) is 16.0 Å². The highest BCUT2D eigenvalue weighted by Crippen LogP contribution is 2.18. The maximum Gasteiger partial charge on any atom is 0.311 e. The van der Waals surface area contributed by atoms with Gasteiger partial charge < -0.3 is 14.5 Å². The normalized spacial score (nSPS) is 15.3. The molecule has 3 rings (SSSR count). The van der Waals surface area contributed by atoms with E-state index in [1.165, 1.54) is 17.0 Å². The van der Waals surface area contributed by atoms with Gasteiger partial charge in [-0.1, -0.05) is 12.1 Å².